The number of hydrogen-bond donors (Lipinski definition) is 2. The van der Waals surface area contributed by atoms with Crippen LogP contribution in [0.2, 0.25) is 0 Å². The topological polar surface area (TPSA) is 68.2 Å². The Morgan fingerprint density at radius 1 is 1.19 bits per heavy atom. The Hall–Kier alpha value is -2.82. The quantitative estimate of drug-likeness (QED) is 0.801. The second kappa shape index (κ2) is 6.41. The number of fused-ring (bicyclic) bond motifs is 3. The largest absolute Gasteiger partial charge is 0.508 e. The summed E-state index contributed by atoms with van der Waals surface area (Å²) in [7, 11) is 1.58. The van der Waals surface area contributed by atoms with Gasteiger partial charge in [-0.15, -0.1) is 0 Å². The van der Waals surface area contributed by atoms with Gasteiger partial charge in [0.1, 0.15) is 34.9 Å². The summed E-state index contributed by atoms with van der Waals surface area (Å²) >= 11 is 0. The van der Waals surface area contributed by atoms with Crippen LogP contribution in [-0.2, 0) is 12.8 Å². The van der Waals surface area contributed by atoms with Gasteiger partial charge in [-0.25, -0.2) is 0 Å². The molecule has 0 amide bonds. The van der Waals surface area contributed by atoms with Crippen molar-refractivity contribution in [1.29, 1.82) is 0 Å². The molecule has 2 aromatic rings. The summed E-state index contributed by atoms with van der Waals surface area (Å²) in [5.41, 5.74) is 4.48. The molecular formula is C22H24O5. The van der Waals surface area contributed by atoms with E-state index in [1.807, 2.05) is 19.9 Å². The lowest BCUT2D eigenvalue weighted by Crippen LogP contribution is -2.21. The number of phenols is 2. The molecule has 0 spiro atoms. The summed E-state index contributed by atoms with van der Waals surface area (Å²) in [5.74, 6) is 2.50. The lowest BCUT2D eigenvalue weighted by atomic mass is 9.86. The summed E-state index contributed by atoms with van der Waals surface area (Å²) < 4.78 is 17.6. The minimum atomic E-state index is -0.0804. The van der Waals surface area contributed by atoms with E-state index in [0.29, 0.717) is 25.2 Å². The van der Waals surface area contributed by atoms with Crippen LogP contribution in [0.15, 0.2) is 30.4 Å². The molecule has 2 aliphatic rings. The van der Waals surface area contributed by atoms with Gasteiger partial charge in [0.2, 0.25) is 0 Å². The lowest BCUT2D eigenvalue weighted by Gasteiger charge is -2.29. The van der Waals surface area contributed by atoms with Gasteiger partial charge in [-0.3, -0.25) is 0 Å². The number of benzene rings is 2. The maximum absolute atomic E-state index is 10.8. The Morgan fingerprint density at radius 3 is 2.67 bits per heavy atom. The Kier molecular flexibility index (Phi) is 4.17. The molecule has 0 bridgehead atoms. The fourth-order valence-electron chi connectivity index (χ4n) is 4.03. The average molecular weight is 368 g/mol. The molecule has 0 unspecified atom stereocenters. The second-order valence-electron chi connectivity index (χ2n) is 7.38. The Bertz CT molecular complexity index is 931. The normalized spacial score (nSPS) is 20.3. The van der Waals surface area contributed by atoms with Crippen LogP contribution in [0.3, 0.4) is 0 Å². The van der Waals surface area contributed by atoms with Crippen molar-refractivity contribution in [3.05, 3.63) is 52.6 Å². The summed E-state index contributed by atoms with van der Waals surface area (Å²) in [6.45, 7) is 8.30. The zero-order valence-electron chi connectivity index (χ0n) is 15.8. The Labute approximate surface area is 158 Å². The van der Waals surface area contributed by atoms with Crippen LogP contribution < -0.4 is 14.2 Å². The molecular weight excluding hydrogens is 344 g/mol. The van der Waals surface area contributed by atoms with E-state index in [-0.39, 0.29) is 23.5 Å². The monoisotopic (exact) mass is 368 g/mol. The van der Waals surface area contributed by atoms with Crippen LogP contribution in [-0.4, -0.2) is 30.0 Å². The Balaban J connectivity index is 1.74. The van der Waals surface area contributed by atoms with E-state index >= 15 is 0 Å². The van der Waals surface area contributed by atoms with Gasteiger partial charge in [0.05, 0.1) is 13.7 Å². The highest BCUT2D eigenvalue weighted by Crippen LogP contribution is 2.51. The number of ether oxygens (including phenoxy) is 3. The third-order valence-electron chi connectivity index (χ3n) is 5.54. The lowest BCUT2D eigenvalue weighted by molar-refractivity contribution is 0.252. The van der Waals surface area contributed by atoms with E-state index in [0.717, 1.165) is 39.3 Å². The maximum Gasteiger partial charge on any atom is 0.133 e. The predicted octanol–water partition coefficient (Wildman–Crippen LogP) is 4.01. The highest BCUT2D eigenvalue weighted by molar-refractivity contribution is 5.65. The van der Waals surface area contributed by atoms with Crippen LogP contribution in [0, 0.1) is 6.92 Å². The number of phenolic OH excluding ortho intramolecular Hbond substituents is 2. The third-order valence-corrected chi connectivity index (χ3v) is 5.54. The highest BCUT2D eigenvalue weighted by Gasteiger charge is 2.36. The zero-order valence-corrected chi connectivity index (χ0v) is 15.8. The van der Waals surface area contributed by atoms with Gasteiger partial charge in [0.25, 0.3) is 0 Å². The molecule has 142 valence electrons. The minimum Gasteiger partial charge on any atom is -0.508 e. The van der Waals surface area contributed by atoms with Crippen molar-refractivity contribution in [2.24, 2.45) is 0 Å². The summed E-state index contributed by atoms with van der Waals surface area (Å²) in [4.78, 5) is 0. The number of methoxy groups -OCH3 is 1. The fraction of sp³-hybridized carbons (Fsp3) is 0.364. The molecule has 0 aromatic heterocycles. The van der Waals surface area contributed by atoms with E-state index in [4.69, 9.17) is 14.2 Å². The molecule has 5 heteroatoms. The first-order valence-electron chi connectivity index (χ1n) is 9.09. The molecule has 2 N–H and O–H groups in total. The summed E-state index contributed by atoms with van der Waals surface area (Å²) in [6.07, 6.45) is 1.26. The van der Waals surface area contributed by atoms with Gasteiger partial charge in [-0.05, 0) is 31.9 Å². The van der Waals surface area contributed by atoms with E-state index in [2.05, 4.69) is 6.58 Å². The van der Waals surface area contributed by atoms with Gasteiger partial charge < -0.3 is 24.4 Å². The molecule has 0 aliphatic carbocycles. The van der Waals surface area contributed by atoms with E-state index in [1.54, 1.807) is 19.2 Å². The van der Waals surface area contributed by atoms with Gasteiger partial charge in [-0.1, -0.05) is 12.6 Å². The molecule has 0 fully saturated rings. The molecule has 2 atom stereocenters. The summed E-state index contributed by atoms with van der Waals surface area (Å²) in [5, 5.41) is 20.5. The van der Waals surface area contributed by atoms with Crippen LogP contribution >= 0.6 is 0 Å². The number of hydrogen-bond acceptors (Lipinski definition) is 5. The standard InChI is InChI=1S/C22H24O5/c1-11(2)18-9-17-21(27-18)12(3)20(24)16-7-13(10-26-22(16)17)15-6-5-14(23)8-19(15)25-4/h5-6,8,13,18,23-24H,1,7,9-10H2,2-4H3/t13-,18+/m1/s1. The van der Waals surface area contributed by atoms with Gasteiger partial charge in [0.15, 0.2) is 0 Å². The molecule has 4 rings (SSSR count). The van der Waals surface area contributed by atoms with Crippen molar-refractivity contribution < 1.29 is 24.4 Å². The van der Waals surface area contributed by atoms with Crippen LogP contribution in [0.1, 0.15) is 35.1 Å². The summed E-state index contributed by atoms with van der Waals surface area (Å²) in [6, 6.07) is 5.10. The zero-order chi connectivity index (χ0) is 19.3. The van der Waals surface area contributed by atoms with Crippen molar-refractivity contribution in [1.82, 2.24) is 0 Å². The smallest absolute Gasteiger partial charge is 0.133 e. The SMILES string of the molecule is C=C(C)[C@@H]1Cc2c(c(C)c(O)c3c2OC[C@H](c2ccc(O)cc2OC)C3)O1. The molecule has 5 nitrogen and oxygen atoms in total. The van der Waals surface area contributed by atoms with Crippen LogP contribution in [0.25, 0.3) is 0 Å². The molecule has 2 aliphatic heterocycles. The van der Waals surface area contributed by atoms with Crippen molar-refractivity contribution in [2.75, 3.05) is 13.7 Å². The highest BCUT2D eigenvalue weighted by atomic mass is 16.5. The van der Waals surface area contributed by atoms with Crippen molar-refractivity contribution >= 4 is 0 Å². The second-order valence-corrected chi connectivity index (χ2v) is 7.38. The predicted molar refractivity (Wildman–Crippen MR) is 102 cm³/mol. The first-order valence-corrected chi connectivity index (χ1v) is 9.09. The van der Waals surface area contributed by atoms with Crippen molar-refractivity contribution in [2.45, 2.75) is 38.7 Å². The first kappa shape index (κ1) is 17.6. The van der Waals surface area contributed by atoms with Gasteiger partial charge in [-0.2, -0.15) is 0 Å². The molecule has 0 saturated heterocycles. The molecule has 27 heavy (non-hydrogen) atoms. The van der Waals surface area contributed by atoms with E-state index in [1.165, 1.54) is 0 Å². The van der Waals surface area contributed by atoms with Crippen molar-refractivity contribution in [3.8, 4) is 28.7 Å². The first-order chi connectivity index (χ1) is 12.9. The van der Waals surface area contributed by atoms with Crippen molar-refractivity contribution in [3.63, 3.8) is 0 Å². The number of rotatable bonds is 3. The minimum absolute atomic E-state index is 0.0238. The maximum atomic E-state index is 10.8. The molecule has 2 aromatic carbocycles. The van der Waals surface area contributed by atoms with Gasteiger partial charge in [0, 0.05) is 40.7 Å². The molecule has 0 saturated carbocycles. The fourth-order valence-corrected chi connectivity index (χ4v) is 4.03. The van der Waals surface area contributed by atoms with E-state index in [9.17, 15) is 10.2 Å². The third kappa shape index (κ3) is 2.78. The Morgan fingerprint density at radius 2 is 1.96 bits per heavy atom. The molecule has 0 radical (unpaired) electrons. The molecule has 2 heterocycles. The van der Waals surface area contributed by atoms with Crippen LogP contribution in [0.4, 0.5) is 0 Å². The average Bonchev–Trinajstić information content (AvgIpc) is 3.11. The van der Waals surface area contributed by atoms with E-state index < -0.39 is 0 Å². The number of aromatic hydroxyl groups is 2. The van der Waals surface area contributed by atoms with Crippen LogP contribution in [0.5, 0.6) is 28.7 Å². The van der Waals surface area contributed by atoms with Gasteiger partial charge >= 0.3 is 0 Å².